The Kier molecular flexibility index (Phi) is 2.69. The predicted octanol–water partition coefficient (Wildman–Crippen LogP) is 1.18. The van der Waals surface area contributed by atoms with Gasteiger partial charge in [-0.1, -0.05) is 0 Å². The van der Waals surface area contributed by atoms with Crippen LogP contribution in [0.3, 0.4) is 0 Å². The molecule has 1 atom stereocenters. The van der Waals surface area contributed by atoms with Gasteiger partial charge in [0, 0.05) is 43.9 Å². The lowest BCUT2D eigenvalue weighted by Crippen LogP contribution is -2.16. The van der Waals surface area contributed by atoms with E-state index in [0.29, 0.717) is 5.92 Å². The van der Waals surface area contributed by atoms with E-state index in [1.54, 1.807) is 0 Å². The van der Waals surface area contributed by atoms with Gasteiger partial charge >= 0.3 is 0 Å². The van der Waals surface area contributed by atoms with Crippen molar-refractivity contribution in [3.63, 3.8) is 0 Å². The number of nitrogens with one attached hydrogen (secondary N) is 1. The molecular formula is C12H19N3O. The lowest BCUT2D eigenvalue weighted by molar-refractivity contribution is 0.193. The molecule has 2 fully saturated rings. The molecule has 88 valence electrons. The van der Waals surface area contributed by atoms with Crippen LogP contribution in [0.15, 0.2) is 6.20 Å². The zero-order chi connectivity index (χ0) is 11.0. The molecule has 1 saturated carbocycles. The van der Waals surface area contributed by atoms with E-state index in [9.17, 15) is 0 Å². The van der Waals surface area contributed by atoms with E-state index in [-0.39, 0.29) is 0 Å². The molecule has 1 unspecified atom stereocenters. The summed E-state index contributed by atoms with van der Waals surface area (Å²) in [7, 11) is 2.00. The fraction of sp³-hybridized carbons (Fsp3) is 0.750. The van der Waals surface area contributed by atoms with E-state index < -0.39 is 0 Å². The molecule has 0 spiro atoms. The van der Waals surface area contributed by atoms with Crippen LogP contribution in [0.25, 0.3) is 0 Å². The van der Waals surface area contributed by atoms with Crippen molar-refractivity contribution in [2.75, 3.05) is 13.2 Å². The zero-order valence-corrected chi connectivity index (χ0v) is 9.78. The highest BCUT2D eigenvalue weighted by atomic mass is 16.5. The predicted molar refractivity (Wildman–Crippen MR) is 61.2 cm³/mol. The Morgan fingerprint density at radius 3 is 3.06 bits per heavy atom. The summed E-state index contributed by atoms with van der Waals surface area (Å²) in [6.07, 6.45) is 5.93. The normalized spacial score (nSPS) is 25.2. The monoisotopic (exact) mass is 221 g/mol. The molecule has 0 bridgehead atoms. The Balaban J connectivity index is 1.73. The molecule has 16 heavy (non-hydrogen) atoms. The van der Waals surface area contributed by atoms with Crippen LogP contribution >= 0.6 is 0 Å². The quantitative estimate of drug-likeness (QED) is 0.829. The molecule has 1 aliphatic carbocycles. The number of rotatable bonds is 4. The van der Waals surface area contributed by atoms with Crippen LogP contribution in [0.1, 0.15) is 36.4 Å². The molecule has 0 radical (unpaired) electrons. The smallest absolute Gasteiger partial charge is 0.0724 e. The van der Waals surface area contributed by atoms with Gasteiger partial charge in [0.15, 0.2) is 0 Å². The lowest BCUT2D eigenvalue weighted by Gasteiger charge is -2.07. The van der Waals surface area contributed by atoms with Crippen molar-refractivity contribution in [1.29, 1.82) is 0 Å². The Morgan fingerprint density at radius 1 is 1.50 bits per heavy atom. The van der Waals surface area contributed by atoms with Crippen molar-refractivity contribution >= 4 is 0 Å². The second-order valence-electron chi connectivity index (χ2n) is 4.93. The summed E-state index contributed by atoms with van der Waals surface area (Å²) >= 11 is 0. The van der Waals surface area contributed by atoms with Crippen LogP contribution in [-0.4, -0.2) is 29.0 Å². The molecule has 1 saturated heterocycles. The summed E-state index contributed by atoms with van der Waals surface area (Å²) in [5.74, 6) is 0.511. The van der Waals surface area contributed by atoms with Gasteiger partial charge in [-0.3, -0.25) is 4.68 Å². The van der Waals surface area contributed by atoms with Crippen molar-refractivity contribution in [1.82, 2.24) is 15.1 Å². The zero-order valence-electron chi connectivity index (χ0n) is 9.78. The summed E-state index contributed by atoms with van der Waals surface area (Å²) in [4.78, 5) is 0. The second kappa shape index (κ2) is 4.18. The van der Waals surface area contributed by atoms with E-state index in [1.165, 1.54) is 24.1 Å². The fourth-order valence-electron chi connectivity index (χ4n) is 2.33. The molecular weight excluding hydrogens is 202 g/mol. The summed E-state index contributed by atoms with van der Waals surface area (Å²) in [6, 6.07) is 0.757. The largest absolute Gasteiger partial charge is 0.381 e. The van der Waals surface area contributed by atoms with Crippen LogP contribution < -0.4 is 5.32 Å². The molecule has 4 nitrogen and oxygen atoms in total. The third-order valence-electron chi connectivity index (χ3n) is 3.41. The van der Waals surface area contributed by atoms with E-state index >= 15 is 0 Å². The Labute approximate surface area is 96.0 Å². The van der Waals surface area contributed by atoms with E-state index in [4.69, 9.17) is 4.74 Å². The van der Waals surface area contributed by atoms with Crippen LogP contribution in [0.4, 0.5) is 0 Å². The van der Waals surface area contributed by atoms with Crippen LogP contribution in [0.5, 0.6) is 0 Å². The molecule has 0 amide bonds. The first-order valence-corrected chi connectivity index (χ1v) is 6.16. The van der Waals surface area contributed by atoms with Gasteiger partial charge in [-0.15, -0.1) is 0 Å². The summed E-state index contributed by atoms with van der Waals surface area (Å²) in [5, 5.41) is 8.14. The first-order chi connectivity index (χ1) is 7.83. The van der Waals surface area contributed by atoms with Crippen LogP contribution in [0.2, 0.25) is 0 Å². The molecule has 1 aliphatic heterocycles. The van der Waals surface area contributed by atoms with Gasteiger partial charge in [-0.2, -0.15) is 5.10 Å². The van der Waals surface area contributed by atoms with Gasteiger partial charge in [-0.05, 0) is 19.3 Å². The maximum Gasteiger partial charge on any atom is 0.0724 e. The van der Waals surface area contributed by atoms with Crippen molar-refractivity contribution in [3.8, 4) is 0 Å². The first-order valence-electron chi connectivity index (χ1n) is 6.16. The van der Waals surface area contributed by atoms with Gasteiger partial charge in [0.25, 0.3) is 0 Å². The number of hydrogen-bond donors (Lipinski definition) is 1. The minimum Gasteiger partial charge on any atom is -0.381 e. The maximum absolute atomic E-state index is 5.44. The number of aryl methyl sites for hydroxylation is 1. The Morgan fingerprint density at radius 2 is 2.38 bits per heavy atom. The highest BCUT2D eigenvalue weighted by Gasteiger charge is 2.25. The average Bonchev–Trinajstić information content (AvgIpc) is 2.79. The van der Waals surface area contributed by atoms with Crippen molar-refractivity contribution < 1.29 is 4.74 Å². The topological polar surface area (TPSA) is 39.1 Å². The van der Waals surface area contributed by atoms with Crippen molar-refractivity contribution in [2.45, 2.75) is 37.8 Å². The molecule has 4 heteroatoms. The maximum atomic E-state index is 5.44. The van der Waals surface area contributed by atoms with Gasteiger partial charge in [0.1, 0.15) is 0 Å². The van der Waals surface area contributed by atoms with Gasteiger partial charge in [0.05, 0.1) is 12.3 Å². The summed E-state index contributed by atoms with van der Waals surface area (Å²) in [5.41, 5.74) is 2.60. The molecule has 0 aromatic carbocycles. The van der Waals surface area contributed by atoms with Crippen LogP contribution in [0, 0.1) is 0 Å². The third-order valence-corrected chi connectivity index (χ3v) is 3.41. The Bertz CT molecular complexity index is 364. The van der Waals surface area contributed by atoms with Gasteiger partial charge < -0.3 is 10.1 Å². The second-order valence-corrected chi connectivity index (χ2v) is 4.93. The third kappa shape index (κ3) is 2.13. The van der Waals surface area contributed by atoms with E-state index in [1.807, 2.05) is 11.7 Å². The van der Waals surface area contributed by atoms with Crippen molar-refractivity contribution in [2.24, 2.45) is 7.05 Å². The minimum atomic E-state index is 0.511. The molecule has 2 heterocycles. The number of aromatic nitrogens is 2. The van der Waals surface area contributed by atoms with Gasteiger partial charge in [0.2, 0.25) is 0 Å². The van der Waals surface area contributed by atoms with Crippen molar-refractivity contribution in [3.05, 3.63) is 17.5 Å². The van der Waals surface area contributed by atoms with E-state index in [2.05, 4.69) is 16.6 Å². The average molecular weight is 221 g/mol. The summed E-state index contributed by atoms with van der Waals surface area (Å²) in [6.45, 7) is 2.69. The minimum absolute atomic E-state index is 0.511. The SMILES string of the molecule is Cn1cc(CNC2CC2)c(C2CCOC2)n1. The standard InChI is InChI=1S/C12H19N3O/c1-15-7-10(6-13-11-2-3-11)12(14-15)9-4-5-16-8-9/h7,9,11,13H,2-6,8H2,1H3. The molecule has 3 rings (SSSR count). The van der Waals surface area contributed by atoms with Crippen LogP contribution in [-0.2, 0) is 18.3 Å². The first kappa shape index (κ1) is 10.3. The molecule has 1 N–H and O–H groups in total. The van der Waals surface area contributed by atoms with E-state index in [0.717, 1.165) is 32.2 Å². The number of ether oxygens (including phenoxy) is 1. The Hall–Kier alpha value is -0.870. The fourth-order valence-corrected chi connectivity index (χ4v) is 2.33. The molecule has 1 aromatic rings. The lowest BCUT2D eigenvalue weighted by atomic mass is 10.0. The highest BCUT2D eigenvalue weighted by Crippen LogP contribution is 2.27. The summed E-state index contributed by atoms with van der Waals surface area (Å²) < 4.78 is 7.37. The number of nitrogens with zero attached hydrogens (tertiary/aromatic N) is 2. The molecule has 1 aromatic heterocycles. The molecule has 2 aliphatic rings. The highest BCUT2D eigenvalue weighted by molar-refractivity contribution is 5.22. The number of hydrogen-bond acceptors (Lipinski definition) is 3. The van der Waals surface area contributed by atoms with Gasteiger partial charge in [-0.25, -0.2) is 0 Å².